The second-order valence-electron chi connectivity index (χ2n) is 4.44. The van der Waals surface area contributed by atoms with Gasteiger partial charge in [-0.25, -0.2) is 10.8 Å². The highest BCUT2D eigenvalue weighted by Crippen LogP contribution is 2.18. The van der Waals surface area contributed by atoms with Crippen molar-refractivity contribution < 1.29 is 9.47 Å². The van der Waals surface area contributed by atoms with Crippen LogP contribution in [-0.4, -0.2) is 49.4 Å². The number of anilines is 1. The molecule has 100 valence electrons. The number of nitrogens with one attached hydrogen (secondary N) is 1. The summed E-state index contributed by atoms with van der Waals surface area (Å²) >= 11 is 0. The summed E-state index contributed by atoms with van der Waals surface area (Å²) in [5.41, 5.74) is 3.67. The van der Waals surface area contributed by atoms with E-state index in [1.54, 1.807) is 14.2 Å². The van der Waals surface area contributed by atoms with Crippen molar-refractivity contribution in [3.63, 3.8) is 0 Å². The summed E-state index contributed by atoms with van der Waals surface area (Å²) < 4.78 is 10.8. The van der Waals surface area contributed by atoms with Crippen molar-refractivity contribution in [2.75, 3.05) is 32.7 Å². The lowest BCUT2D eigenvalue weighted by Crippen LogP contribution is -2.27. The molecule has 1 aliphatic heterocycles. The molecule has 1 aromatic rings. The first-order chi connectivity index (χ1) is 8.76. The third-order valence-electron chi connectivity index (χ3n) is 3.28. The summed E-state index contributed by atoms with van der Waals surface area (Å²) in [4.78, 5) is 6.49. The van der Waals surface area contributed by atoms with E-state index >= 15 is 0 Å². The first kappa shape index (κ1) is 13.2. The summed E-state index contributed by atoms with van der Waals surface area (Å²) in [6.45, 7) is 2.61. The van der Waals surface area contributed by atoms with Crippen LogP contribution in [0.1, 0.15) is 5.56 Å². The van der Waals surface area contributed by atoms with Crippen LogP contribution in [0.25, 0.3) is 0 Å². The zero-order valence-corrected chi connectivity index (χ0v) is 10.8. The third kappa shape index (κ3) is 2.97. The van der Waals surface area contributed by atoms with Crippen LogP contribution in [0.5, 0.6) is 0 Å². The molecule has 0 bridgehead atoms. The molecule has 2 heterocycles. The molecule has 6 nitrogen and oxygen atoms in total. The van der Waals surface area contributed by atoms with E-state index in [9.17, 15) is 0 Å². The molecule has 2 atom stereocenters. The number of likely N-dealkylation sites (tertiary alicyclic amines) is 1. The molecular weight excluding hydrogens is 232 g/mol. The smallest absolute Gasteiger partial charge is 0.139 e. The Labute approximate surface area is 107 Å². The third-order valence-corrected chi connectivity index (χ3v) is 3.28. The highest BCUT2D eigenvalue weighted by atomic mass is 16.5. The first-order valence-electron chi connectivity index (χ1n) is 5.96. The average Bonchev–Trinajstić information content (AvgIpc) is 2.81. The lowest BCUT2D eigenvalue weighted by atomic mass is 10.2. The van der Waals surface area contributed by atoms with Crippen molar-refractivity contribution in [1.29, 1.82) is 0 Å². The highest BCUT2D eigenvalue weighted by molar-refractivity contribution is 5.33. The molecule has 0 amide bonds. The van der Waals surface area contributed by atoms with Crippen molar-refractivity contribution in [1.82, 2.24) is 9.88 Å². The standard InChI is InChI=1S/C12H20N4O2/c1-17-10-7-16(8-11(10)18-2)6-9-3-4-12(15-13)14-5-9/h3-5,10-11H,6-8,13H2,1-2H3,(H,14,15). The number of nitrogen functional groups attached to an aromatic ring is 1. The number of rotatable bonds is 5. The molecule has 18 heavy (non-hydrogen) atoms. The summed E-state index contributed by atoms with van der Waals surface area (Å²) in [6.07, 6.45) is 2.12. The number of ether oxygens (including phenoxy) is 2. The number of pyridine rings is 1. The Hall–Kier alpha value is -1.21. The van der Waals surface area contributed by atoms with Gasteiger partial charge in [-0.15, -0.1) is 0 Å². The minimum Gasteiger partial charge on any atom is -0.377 e. The number of hydrogen-bond acceptors (Lipinski definition) is 6. The molecular formula is C12H20N4O2. The Kier molecular flexibility index (Phi) is 4.48. The van der Waals surface area contributed by atoms with Gasteiger partial charge in [-0.05, 0) is 11.6 Å². The first-order valence-corrected chi connectivity index (χ1v) is 5.96. The summed E-state index contributed by atoms with van der Waals surface area (Å²) in [6, 6.07) is 3.89. The minimum atomic E-state index is 0.146. The molecule has 0 aromatic carbocycles. The van der Waals surface area contributed by atoms with Crippen molar-refractivity contribution in [2.24, 2.45) is 5.84 Å². The molecule has 6 heteroatoms. The van der Waals surface area contributed by atoms with E-state index in [0.29, 0.717) is 5.82 Å². The molecule has 2 unspecified atom stereocenters. The lowest BCUT2D eigenvalue weighted by molar-refractivity contribution is -0.00461. The van der Waals surface area contributed by atoms with Gasteiger partial charge in [-0.1, -0.05) is 6.07 Å². The molecule has 1 aromatic heterocycles. The van der Waals surface area contributed by atoms with Gasteiger partial charge in [0.05, 0.1) is 12.2 Å². The average molecular weight is 252 g/mol. The van der Waals surface area contributed by atoms with E-state index in [4.69, 9.17) is 15.3 Å². The zero-order chi connectivity index (χ0) is 13.0. The molecule has 0 aliphatic carbocycles. The highest BCUT2D eigenvalue weighted by Gasteiger charge is 2.32. The van der Waals surface area contributed by atoms with Crippen LogP contribution in [0, 0.1) is 0 Å². The summed E-state index contributed by atoms with van der Waals surface area (Å²) in [5.74, 6) is 5.95. The van der Waals surface area contributed by atoms with Crippen LogP contribution in [0.2, 0.25) is 0 Å². The fraction of sp³-hybridized carbons (Fsp3) is 0.583. The Bertz CT molecular complexity index is 359. The normalized spacial score (nSPS) is 24.4. The van der Waals surface area contributed by atoms with Crippen LogP contribution < -0.4 is 11.3 Å². The maximum absolute atomic E-state index is 5.41. The van der Waals surface area contributed by atoms with Gasteiger partial charge in [-0.2, -0.15) is 0 Å². The Morgan fingerprint density at radius 2 is 2.00 bits per heavy atom. The van der Waals surface area contributed by atoms with E-state index in [-0.39, 0.29) is 12.2 Å². The summed E-state index contributed by atoms with van der Waals surface area (Å²) in [7, 11) is 3.45. The predicted molar refractivity (Wildman–Crippen MR) is 68.9 cm³/mol. The van der Waals surface area contributed by atoms with Crippen LogP contribution in [0.3, 0.4) is 0 Å². The Balaban J connectivity index is 1.93. The van der Waals surface area contributed by atoms with E-state index in [2.05, 4.69) is 15.3 Å². The SMILES string of the molecule is COC1CN(Cc2ccc(NN)nc2)CC1OC. The molecule has 1 fully saturated rings. The quantitative estimate of drug-likeness (QED) is 0.576. The number of nitrogens with two attached hydrogens (primary N) is 1. The number of hydrogen-bond donors (Lipinski definition) is 2. The monoisotopic (exact) mass is 252 g/mol. The Morgan fingerprint density at radius 3 is 2.44 bits per heavy atom. The lowest BCUT2D eigenvalue weighted by Gasteiger charge is -2.14. The predicted octanol–water partition coefficient (Wildman–Crippen LogP) is 0.213. The zero-order valence-electron chi connectivity index (χ0n) is 10.8. The number of nitrogens with zero attached hydrogens (tertiary/aromatic N) is 2. The number of aromatic nitrogens is 1. The van der Waals surface area contributed by atoms with Gasteiger partial charge in [-0.3, -0.25) is 4.90 Å². The van der Waals surface area contributed by atoms with Gasteiger partial charge in [0, 0.05) is 40.1 Å². The molecule has 2 rings (SSSR count). The number of hydrazine groups is 1. The van der Waals surface area contributed by atoms with E-state index in [1.165, 1.54) is 0 Å². The topological polar surface area (TPSA) is 72.6 Å². The molecule has 1 saturated heterocycles. The van der Waals surface area contributed by atoms with Crippen molar-refractivity contribution in [3.8, 4) is 0 Å². The molecule has 0 spiro atoms. The Morgan fingerprint density at radius 1 is 1.33 bits per heavy atom. The van der Waals surface area contributed by atoms with Crippen molar-refractivity contribution in [3.05, 3.63) is 23.9 Å². The van der Waals surface area contributed by atoms with Gasteiger partial charge in [0.2, 0.25) is 0 Å². The van der Waals surface area contributed by atoms with Crippen LogP contribution in [0.15, 0.2) is 18.3 Å². The second-order valence-corrected chi connectivity index (χ2v) is 4.44. The van der Waals surface area contributed by atoms with Gasteiger partial charge >= 0.3 is 0 Å². The molecule has 0 radical (unpaired) electrons. The van der Waals surface area contributed by atoms with Gasteiger partial charge in [0.1, 0.15) is 5.82 Å². The van der Waals surface area contributed by atoms with Gasteiger partial charge in [0.25, 0.3) is 0 Å². The molecule has 0 saturated carbocycles. The minimum absolute atomic E-state index is 0.146. The largest absolute Gasteiger partial charge is 0.377 e. The maximum atomic E-state index is 5.41. The van der Waals surface area contributed by atoms with E-state index < -0.39 is 0 Å². The van der Waals surface area contributed by atoms with Gasteiger partial charge in [0.15, 0.2) is 0 Å². The van der Waals surface area contributed by atoms with Crippen LogP contribution in [0.4, 0.5) is 5.82 Å². The molecule has 1 aliphatic rings. The maximum Gasteiger partial charge on any atom is 0.139 e. The van der Waals surface area contributed by atoms with Crippen LogP contribution >= 0.6 is 0 Å². The van der Waals surface area contributed by atoms with Gasteiger partial charge < -0.3 is 14.9 Å². The fourth-order valence-electron chi connectivity index (χ4n) is 2.26. The molecule has 3 N–H and O–H groups in total. The van der Waals surface area contributed by atoms with Crippen molar-refractivity contribution in [2.45, 2.75) is 18.8 Å². The van der Waals surface area contributed by atoms with E-state index in [1.807, 2.05) is 18.3 Å². The number of methoxy groups -OCH3 is 2. The van der Waals surface area contributed by atoms with Crippen LogP contribution in [-0.2, 0) is 16.0 Å². The van der Waals surface area contributed by atoms with Crippen molar-refractivity contribution >= 4 is 5.82 Å². The summed E-state index contributed by atoms with van der Waals surface area (Å²) in [5, 5.41) is 0. The second kappa shape index (κ2) is 6.10. The van der Waals surface area contributed by atoms with E-state index in [0.717, 1.165) is 25.2 Å². The fourth-order valence-corrected chi connectivity index (χ4v) is 2.26.